The summed E-state index contributed by atoms with van der Waals surface area (Å²) in [7, 11) is 0. The summed E-state index contributed by atoms with van der Waals surface area (Å²) >= 11 is 0. The van der Waals surface area contributed by atoms with Crippen LogP contribution in [-0.2, 0) is 28.6 Å². The van der Waals surface area contributed by atoms with Gasteiger partial charge in [-0.25, -0.2) is 0 Å². The smallest absolute Gasteiger partial charge is 0.306 e. The molecule has 0 saturated heterocycles. The van der Waals surface area contributed by atoms with Crippen molar-refractivity contribution in [2.45, 2.75) is 303 Å². The van der Waals surface area contributed by atoms with Gasteiger partial charge in [-0.05, 0) is 122 Å². The minimum absolute atomic E-state index is 0.0892. The quantitative estimate of drug-likeness (QED) is 0.0261. The van der Waals surface area contributed by atoms with Gasteiger partial charge in [0.15, 0.2) is 6.10 Å². The van der Waals surface area contributed by atoms with Gasteiger partial charge < -0.3 is 14.2 Å². The summed E-state index contributed by atoms with van der Waals surface area (Å²) < 4.78 is 16.9. The molecule has 0 bridgehead atoms. The van der Waals surface area contributed by atoms with Gasteiger partial charge in [0.2, 0.25) is 0 Å². The van der Waals surface area contributed by atoms with Crippen molar-refractivity contribution in [3.8, 4) is 0 Å². The van der Waals surface area contributed by atoms with Crippen LogP contribution in [0.2, 0.25) is 0 Å². The normalized spacial score (nSPS) is 12.8. The second kappa shape index (κ2) is 63.6. The van der Waals surface area contributed by atoms with Crippen molar-refractivity contribution in [1.29, 1.82) is 0 Å². The largest absolute Gasteiger partial charge is 0.462 e. The number of hydrogen-bond acceptors (Lipinski definition) is 6. The van der Waals surface area contributed by atoms with Crippen LogP contribution in [0.5, 0.6) is 0 Å². The molecule has 0 aliphatic rings. The highest BCUT2D eigenvalue weighted by Gasteiger charge is 2.19. The Hall–Kier alpha value is -3.93. The molecule has 6 nitrogen and oxygen atoms in total. The molecule has 1 atom stereocenters. The van der Waals surface area contributed by atoms with E-state index in [2.05, 4.69) is 130 Å². The highest BCUT2D eigenvalue weighted by atomic mass is 16.6. The van der Waals surface area contributed by atoms with E-state index in [1.165, 1.54) is 128 Å². The van der Waals surface area contributed by atoms with Crippen molar-refractivity contribution in [2.24, 2.45) is 0 Å². The van der Waals surface area contributed by atoms with Crippen LogP contribution in [0.1, 0.15) is 297 Å². The zero-order valence-electron chi connectivity index (χ0n) is 49.7. The molecule has 0 radical (unpaired) electrons. The number of rotatable bonds is 57. The molecule has 76 heavy (non-hydrogen) atoms. The van der Waals surface area contributed by atoms with Crippen LogP contribution in [-0.4, -0.2) is 37.2 Å². The Kier molecular flexibility index (Phi) is 60.3. The van der Waals surface area contributed by atoms with Crippen molar-refractivity contribution in [1.82, 2.24) is 0 Å². The lowest BCUT2D eigenvalue weighted by molar-refractivity contribution is -0.167. The first-order valence-corrected chi connectivity index (χ1v) is 31.9. The third kappa shape index (κ3) is 60.9. The molecular formula is C70H118O6. The SMILES string of the molecule is CC/C=C\C/C=C\C/C=C\C/C=C\CCCCCCCCCCCCC(=O)OCC(COC(=O)CCCCCCC/C=C\CCCCCCCCC)OC(=O)CCCCCCCC/C=C\C/C=C\C/C=C\C/C=C\CC. The van der Waals surface area contributed by atoms with Gasteiger partial charge in [-0.1, -0.05) is 265 Å². The van der Waals surface area contributed by atoms with E-state index in [9.17, 15) is 14.4 Å². The summed E-state index contributed by atoms with van der Waals surface area (Å²) in [5, 5.41) is 0. The monoisotopic (exact) mass is 1050 g/mol. The van der Waals surface area contributed by atoms with Crippen LogP contribution < -0.4 is 0 Å². The predicted molar refractivity (Wildman–Crippen MR) is 330 cm³/mol. The molecule has 434 valence electrons. The van der Waals surface area contributed by atoms with Gasteiger partial charge in [0.1, 0.15) is 13.2 Å². The maximum atomic E-state index is 12.9. The van der Waals surface area contributed by atoms with Gasteiger partial charge >= 0.3 is 17.9 Å². The number of hydrogen-bond donors (Lipinski definition) is 0. The molecule has 1 unspecified atom stereocenters. The molecule has 0 aromatic carbocycles. The summed E-state index contributed by atoms with van der Waals surface area (Å²) in [5.74, 6) is -0.908. The third-order valence-corrected chi connectivity index (χ3v) is 13.5. The molecule has 0 aromatic heterocycles. The first kappa shape index (κ1) is 72.1. The Morgan fingerprint density at radius 2 is 0.513 bits per heavy atom. The maximum Gasteiger partial charge on any atom is 0.306 e. The van der Waals surface area contributed by atoms with Gasteiger partial charge in [0.05, 0.1) is 0 Å². The van der Waals surface area contributed by atoms with Crippen LogP contribution in [0, 0.1) is 0 Å². The Labute approximate surface area is 470 Å². The lowest BCUT2D eigenvalue weighted by atomic mass is 10.1. The first-order valence-electron chi connectivity index (χ1n) is 31.9. The average molecular weight is 1060 g/mol. The molecule has 0 aliphatic heterocycles. The molecule has 0 spiro atoms. The van der Waals surface area contributed by atoms with E-state index < -0.39 is 6.10 Å². The Balaban J connectivity index is 4.41. The van der Waals surface area contributed by atoms with E-state index in [1.54, 1.807) is 0 Å². The first-order chi connectivity index (χ1) is 37.5. The zero-order valence-corrected chi connectivity index (χ0v) is 49.7. The van der Waals surface area contributed by atoms with Crippen molar-refractivity contribution in [3.63, 3.8) is 0 Å². The standard InChI is InChI=1S/C70H118O6/c1-4-7-10-13-16-19-22-25-28-31-33-34-35-36-38-39-42-45-48-51-54-57-60-63-69(72)75-66-67(65-74-68(71)62-59-56-53-50-47-44-41-30-27-24-21-18-15-12-9-6-3)76-70(73)64-61-58-55-52-49-46-43-40-37-32-29-26-23-20-17-14-11-8-5-2/h7-8,10-11,16-17,19-20,25-26,28-30,33-34,37,40-41,67H,4-6,9,12-15,18,21-24,27,31-32,35-36,38-39,42-66H2,1-3H3/b10-7-,11-8-,19-16-,20-17-,28-25-,29-26-,34-33-,40-37-,41-30-. The molecule has 0 aromatic rings. The summed E-state index contributed by atoms with van der Waals surface area (Å²) in [6, 6.07) is 0. The summed E-state index contributed by atoms with van der Waals surface area (Å²) in [5.41, 5.74) is 0. The minimum Gasteiger partial charge on any atom is -0.462 e. The average Bonchev–Trinajstić information content (AvgIpc) is 3.42. The van der Waals surface area contributed by atoms with Gasteiger partial charge in [-0.15, -0.1) is 0 Å². The number of allylic oxidation sites excluding steroid dienone is 18. The number of esters is 3. The van der Waals surface area contributed by atoms with Crippen LogP contribution >= 0.6 is 0 Å². The molecule has 0 amide bonds. The maximum absolute atomic E-state index is 12.9. The Morgan fingerprint density at radius 3 is 0.816 bits per heavy atom. The molecule has 0 N–H and O–H groups in total. The van der Waals surface area contributed by atoms with Crippen molar-refractivity contribution in [3.05, 3.63) is 109 Å². The second-order valence-electron chi connectivity index (χ2n) is 20.9. The van der Waals surface area contributed by atoms with E-state index in [4.69, 9.17) is 14.2 Å². The molecule has 0 heterocycles. The van der Waals surface area contributed by atoms with E-state index in [0.29, 0.717) is 19.3 Å². The summed E-state index contributed by atoms with van der Waals surface area (Å²) in [6.45, 7) is 6.41. The highest BCUT2D eigenvalue weighted by molar-refractivity contribution is 5.71. The molecule has 0 aliphatic carbocycles. The lowest BCUT2D eigenvalue weighted by Crippen LogP contribution is -2.30. The third-order valence-electron chi connectivity index (χ3n) is 13.5. The minimum atomic E-state index is -0.794. The number of carbonyl (C=O) groups excluding carboxylic acids is 3. The van der Waals surface area contributed by atoms with Crippen molar-refractivity contribution < 1.29 is 28.6 Å². The molecule has 6 heteroatoms. The number of carbonyl (C=O) groups is 3. The second-order valence-corrected chi connectivity index (χ2v) is 20.9. The van der Waals surface area contributed by atoms with Gasteiger partial charge in [-0.3, -0.25) is 14.4 Å². The fourth-order valence-electron chi connectivity index (χ4n) is 8.77. The fourth-order valence-corrected chi connectivity index (χ4v) is 8.77. The zero-order chi connectivity index (χ0) is 55.0. The van der Waals surface area contributed by atoms with Crippen molar-refractivity contribution in [2.75, 3.05) is 13.2 Å². The van der Waals surface area contributed by atoms with Crippen LogP contribution in [0.25, 0.3) is 0 Å². The number of ether oxygens (including phenoxy) is 3. The summed E-state index contributed by atoms with van der Waals surface area (Å²) in [4.78, 5) is 38.3. The molecule has 0 saturated carbocycles. The Morgan fingerprint density at radius 1 is 0.276 bits per heavy atom. The lowest BCUT2D eigenvalue weighted by Gasteiger charge is -2.18. The number of unbranched alkanes of at least 4 members (excludes halogenated alkanes) is 28. The van der Waals surface area contributed by atoms with Gasteiger partial charge in [0, 0.05) is 19.3 Å². The van der Waals surface area contributed by atoms with Crippen LogP contribution in [0.15, 0.2) is 109 Å². The van der Waals surface area contributed by atoms with Gasteiger partial charge in [-0.2, -0.15) is 0 Å². The molecule has 0 fully saturated rings. The van der Waals surface area contributed by atoms with E-state index in [1.807, 2.05) is 0 Å². The van der Waals surface area contributed by atoms with E-state index >= 15 is 0 Å². The van der Waals surface area contributed by atoms with Crippen LogP contribution in [0.3, 0.4) is 0 Å². The van der Waals surface area contributed by atoms with E-state index in [0.717, 1.165) is 128 Å². The predicted octanol–water partition coefficient (Wildman–Crippen LogP) is 21.8. The van der Waals surface area contributed by atoms with Crippen LogP contribution in [0.4, 0.5) is 0 Å². The van der Waals surface area contributed by atoms with Gasteiger partial charge in [0.25, 0.3) is 0 Å². The Bertz CT molecular complexity index is 1540. The summed E-state index contributed by atoms with van der Waals surface area (Å²) in [6.07, 6.45) is 86.6. The van der Waals surface area contributed by atoms with Crippen molar-refractivity contribution >= 4 is 17.9 Å². The molecule has 0 rings (SSSR count). The van der Waals surface area contributed by atoms with E-state index in [-0.39, 0.29) is 31.1 Å². The molecular weight excluding hydrogens is 937 g/mol. The topological polar surface area (TPSA) is 78.9 Å². The fraction of sp³-hybridized carbons (Fsp3) is 0.700. The highest BCUT2D eigenvalue weighted by Crippen LogP contribution is 2.16.